The molecular formula is C27H20F9N3O2. The number of carbonyl (C=O) groups excluding carboxylic acids is 1. The van der Waals surface area contributed by atoms with E-state index in [-0.39, 0.29) is 28.9 Å². The average Bonchev–Trinajstić information content (AvgIpc) is 3.17. The molecule has 41 heavy (non-hydrogen) atoms. The maximum absolute atomic E-state index is 13.6. The summed E-state index contributed by atoms with van der Waals surface area (Å²) in [5, 5.41) is 0. The fourth-order valence-corrected chi connectivity index (χ4v) is 4.42. The van der Waals surface area contributed by atoms with Crippen LogP contribution >= 0.6 is 0 Å². The number of amides is 1. The highest BCUT2D eigenvalue weighted by atomic mass is 19.4. The van der Waals surface area contributed by atoms with Gasteiger partial charge in [-0.05, 0) is 60.5 Å². The Labute approximate surface area is 227 Å². The molecular weight excluding hydrogens is 569 g/mol. The molecule has 3 aromatic rings. The van der Waals surface area contributed by atoms with Crippen molar-refractivity contribution in [1.29, 1.82) is 0 Å². The Balaban J connectivity index is 1.74. The summed E-state index contributed by atoms with van der Waals surface area (Å²) in [4.78, 5) is 21.6. The predicted molar refractivity (Wildman–Crippen MR) is 128 cm³/mol. The topological polar surface area (TPSA) is 55.3 Å². The van der Waals surface area contributed by atoms with E-state index < -0.39 is 53.2 Å². The van der Waals surface area contributed by atoms with Crippen molar-refractivity contribution in [3.63, 3.8) is 0 Å². The molecule has 0 spiro atoms. The third-order valence-electron chi connectivity index (χ3n) is 6.27. The molecule has 5 nitrogen and oxygen atoms in total. The van der Waals surface area contributed by atoms with Crippen molar-refractivity contribution in [2.24, 2.45) is 0 Å². The summed E-state index contributed by atoms with van der Waals surface area (Å²) in [6.07, 6.45) is -12.3. The van der Waals surface area contributed by atoms with E-state index in [4.69, 9.17) is 0 Å². The van der Waals surface area contributed by atoms with Gasteiger partial charge in [-0.2, -0.15) is 26.3 Å². The second kappa shape index (κ2) is 10.4. The number of alkyl halides is 9. The number of anilines is 1. The molecule has 0 N–H and O–H groups in total. The van der Waals surface area contributed by atoms with Crippen LogP contribution in [0.25, 0.3) is 0 Å². The summed E-state index contributed by atoms with van der Waals surface area (Å²) in [5.74, 6) is -2.66. The van der Waals surface area contributed by atoms with Crippen molar-refractivity contribution in [1.82, 2.24) is 9.97 Å². The third kappa shape index (κ3) is 6.80. The van der Waals surface area contributed by atoms with Crippen LogP contribution in [0, 0.1) is 0 Å². The SMILES string of the molecule is CC(C)(CC1=C[C@H](c2cccc(OC(F)(F)F)c2)N(c2ccc(C(F)(F)F)cc2)C1=O)c1ccnc(C(F)(F)F)n1. The van der Waals surface area contributed by atoms with Crippen LogP contribution in [0.4, 0.5) is 45.2 Å². The Hall–Kier alpha value is -4.10. The van der Waals surface area contributed by atoms with Gasteiger partial charge < -0.3 is 4.74 Å². The van der Waals surface area contributed by atoms with E-state index in [9.17, 15) is 44.3 Å². The predicted octanol–water partition coefficient (Wildman–Crippen LogP) is 7.80. The molecule has 4 rings (SSSR count). The van der Waals surface area contributed by atoms with Gasteiger partial charge in [0.05, 0.1) is 17.3 Å². The summed E-state index contributed by atoms with van der Waals surface area (Å²) >= 11 is 0. The van der Waals surface area contributed by atoms with Crippen molar-refractivity contribution in [2.45, 2.75) is 50.4 Å². The van der Waals surface area contributed by atoms with Gasteiger partial charge in [0.15, 0.2) is 0 Å². The molecule has 1 aliphatic rings. The number of hydrogen-bond acceptors (Lipinski definition) is 4. The van der Waals surface area contributed by atoms with Gasteiger partial charge in [-0.1, -0.05) is 26.0 Å². The molecule has 0 radical (unpaired) electrons. The first-order valence-corrected chi connectivity index (χ1v) is 11.8. The van der Waals surface area contributed by atoms with Crippen molar-refractivity contribution in [3.8, 4) is 5.75 Å². The van der Waals surface area contributed by atoms with Gasteiger partial charge >= 0.3 is 18.7 Å². The zero-order chi connectivity index (χ0) is 30.4. The Morgan fingerprint density at radius 3 is 2.12 bits per heavy atom. The van der Waals surface area contributed by atoms with Gasteiger partial charge in [0.1, 0.15) is 5.75 Å². The van der Waals surface area contributed by atoms with Crippen molar-refractivity contribution in [2.75, 3.05) is 4.90 Å². The smallest absolute Gasteiger partial charge is 0.406 e. The summed E-state index contributed by atoms with van der Waals surface area (Å²) in [6.45, 7) is 3.08. The number of carbonyl (C=O) groups is 1. The molecule has 2 heterocycles. The molecule has 0 unspecified atom stereocenters. The highest BCUT2D eigenvalue weighted by molar-refractivity contribution is 6.09. The summed E-state index contributed by atoms with van der Waals surface area (Å²) in [6, 6.07) is 8.52. The third-order valence-corrected chi connectivity index (χ3v) is 6.27. The molecule has 0 fully saturated rings. The van der Waals surface area contributed by atoms with Crippen LogP contribution in [0.1, 0.15) is 49.0 Å². The van der Waals surface area contributed by atoms with Gasteiger partial charge in [-0.15, -0.1) is 13.2 Å². The van der Waals surface area contributed by atoms with Crippen LogP contribution in [-0.4, -0.2) is 22.2 Å². The van der Waals surface area contributed by atoms with E-state index in [1.54, 1.807) is 0 Å². The van der Waals surface area contributed by atoms with E-state index in [1.165, 1.54) is 38.1 Å². The van der Waals surface area contributed by atoms with Crippen molar-refractivity contribution in [3.05, 3.63) is 95.1 Å². The molecule has 1 aromatic heterocycles. The number of rotatable bonds is 6. The fourth-order valence-electron chi connectivity index (χ4n) is 4.42. The molecule has 2 aromatic carbocycles. The van der Waals surface area contributed by atoms with E-state index in [0.717, 1.165) is 47.5 Å². The van der Waals surface area contributed by atoms with E-state index >= 15 is 0 Å². The van der Waals surface area contributed by atoms with Gasteiger partial charge in [0.2, 0.25) is 5.82 Å². The minimum absolute atomic E-state index is 0.0144. The summed E-state index contributed by atoms with van der Waals surface area (Å²) in [5.41, 5.74) is -1.95. The molecule has 0 saturated heterocycles. The number of halogens is 9. The molecule has 1 aliphatic heterocycles. The molecule has 1 atom stereocenters. The van der Waals surface area contributed by atoms with Crippen LogP contribution in [-0.2, 0) is 22.6 Å². The van der Waals surface area contributed by atoms with E-state index in [2.05, 4.69) is 14.7 Å². The first kappa shape index (κ1) is 29.9. The maximum atomic E-state index is 13.6. The number of aromatic nitrogens is 2. The summed E-state index contributed by atoms with van der Waals surface area (Å²) < 4.78 is 121. The second-order valence-electron chi connectivity index (χ2n) is 9.80. The number of nitrogens with zero attached hydrogens (tertiary/aromatic N) is 3. The number of ether oxygens (including phenoxy) is 1. The van der Waals surface area contributed by atoms with Gasteiger partial charge in [-0.3, -0.25) is 9.69 Å². The molecule has 218 valence electrons. The minimum Gasteiger partial charge on any atom is -0.406 e. The maximum Gasteiger partial charge on any atom is 0.573 e. The second-order valence-corrected chi connectivity index (χ2v) is 9.80. The van der Waals surface area contributed by atoms with Crippen molar-refractivity contribution < 1.29 is 49.0 Å². The van der Waals surface area contributed by atoms with Crippen molar-refractivity contribution >= 4 is 11.6 Å². The van der Waals surface area contributed by atoms with E-state index in [1.807, 2.05) is 0 Å². The van der Waals surface area contributed by atoms with Crippen LogP contribution in [0.5, 0.6) is 5.75 Å². The molecule has 0 bridgehead atoms. The van der Waals surface area contributed by atoms with Crippen LogP contribution in [0.2, 0.25) is 0 Å². The molecule has 14 heteroatoms. The lowest BCUT2D eigenvalue weighted by molar-refractivity contribution is -0.274. The largest absolute Gasteiger partial charge is 0.573 e. The van der Waals surface area contributed by atoms with Gasteiger partial charge in [0.25, 0.3) is 5.91 Å². The lowest BCUT2D eigenvalue weighted by Gasteiger charge is -2.27. The number of hydrogen-bond donors (Lipinski definition) is 0. The van der Waals surface area contributed by atoms with Gasteiger partial charge in [-0.25, -0.2) is 9.97 Å². The summed E-state index contributed by atoms with van der Waals surface area (Å²) in [7, 11) is 0. The van der Waals surface area contributed by atoms with Crippen LogP contribution < -0.4 is 9.64 Å². The average molecular weight is 589 g/mol. The Kier molecular flexibility index (Phi) is 7.56. The quantitative estimate of drug-likeness (QED) is 0.276. The Morgan fingerprint density at radius 1 is 0.878 bits per heavy atom. The first-order valence-electron chi connectivity index (χ1n) is 11.8. The monoisotopic (exact) mass is 589 g/mol. The van der Waals surface area contributed by atoms with Crippen LogP contribution in [0.3, 0.4) is 0 Å². The minimum atomic E-state index is -5.00. The zero-order valence-electron chi connectivity index (χ0n) is 21.2. The van der Waals surface area contributed by atoms with Crippen LogP contribution in [0.15, 0.2) is 72.4 Å². The molecule has 0 saturated carbocycles. The molecule has 0 aliphatic carbocycles. The normalized spacial score (nSPS) is 16.7. The zero-order valence-corrected chi connectivity index (χ0v) is 21.2. The standard InChI is InChI=1S/C27H20F9N3O2/c1-24(2,21-10-11-37-23(38-21)26(31,32)33)14-16-13-20(15-4-3-5-19(12-15)41-27(34,35)36)39(22(16)40)18-8-6-17(7-9-18)25(28,29)30/h3-13,20H,14H2,1-2H3/t20-/m1/s1. The molecule has 1 amide bonds. The van der Waals surface area contributed by atoms with E-state index in [0.29, 0.717) is 0 Å². The fraction of sp³-hybridized carbons (Fsp3) is 0.296. The lowest BCUT2D eigenvalue weighted by atomic mass is 9.82. The highest BCUT2D eigenvalue weighted by Gasteiger charge is 2.40. The van der Waals surface area contributed by atoms with Gasteiger partial charge in [0, 0.05) is 22.9 Å². The number of benzene rings is 2. The highest BCUT2D eigenvalue weighted by Crippen LogP contribution is 2.42. The Bertz CT molecular complexity index is 1460. The lowest BCUT2D eigenvalue weighted by Crippen LogP contribution is -2.31. The first-order chi connectivity index (χ1) is 18.8. The Morgan fingerprint density at radius 2 is 1.54 bits per heavy atom.